The molecule has 0 saturated heterocycles. The molecule has 1 aromatic heterocycles. The number of thioether (sulfide) groups is 1. The van der Waals surface area contributed by atoms with Gasteiger partial charge in [0, 0.05) is 28.7 Å². The van der Waals surface area contributed by atoms with E-state index in [0.717, 1.165) is 31.2 Å². The topological polar surface area (TPSA) is 111 Å². The standard InChI is InChI=1S/C23H27ClN2O6S/c1-12(2)21-25-22(33-15-5-3-13(4-6-15)7-19(27)28)20(23(29)30)26(21)10-14-8-17-18(9-16(14)24)32-11-31-17/h8-9,12-13,15H,3-7,10-11H2,1-2H3,(H,27,28)(H,29,30). The molecule has 2 aliphatic rings. The molecule has 2 aromatic rings. The predicted octanol–water partition coefficient (Wildman–Crippen LogP) is 5.26. The molecule has 0 atom stereocenters. The highest BCUT2D eigenvalue weighted by Gasteiger charge is 2.30. The fraction of sp³-hybridized carbons (Fsp3) is 0.522. The maximum absolute atomic E-state index is 12.3. The summed E-state index contributed by atoms with van der Waals surface area (Å²) in [6.07, 6.45) is 3.55. The van der Waals surface area contributed by atoms with Crippen molar-refractivity contribution in [3.8, 4) is 11.5 Å². The Morgan fingerprint density at radius 1 is 1.18 bits per heavy atom. The molecule has 8 nitrogen and oxygen atoms in total. The Balaban J connectivity index is 1.60. The number of hydrogen-bond donors (Lipinski definition) is 2. The summed E-state index contributed by atoms with van der Waals surface area (Å²) in [6, 6.07) is 3.48. The van der Waals surface area contributed by atoms with Gasteiger partial charge in [-0.25, -0.2) is 9.78 Å². The summed E-state index contributed by atoms with van der Waals surface area (Å²) in [6.45, 7) is 4.35. The van der Waals surface area contributed by atoms with Gasteiger partial charge in [-0.1, -0.05) is 25.4 Å². The van der Waals surface area contributed by atoms with Gasteiger partial charge in [0.25, 0.3) is 0 Å². The molecular formula is C23H27ClN2O6S. The zero-order chi connectivity index (χ0) is 23.7. The number of carboxylic acids is 2. The molecule has 33 heavy (non-hydrogen) atoms. The number of carboxylic acid groups (broad SMARTS) is 2. The predicted molar refractivity (Wildman–Crippen MR) is 124 cm³/mol. The molecule has 0 amide bonds. The second-order valence-corrected chi connectivity index (χ2v) is 10.5. The first-order valence-corrected chi connectivity index (χ1v) is 12.3. The van der Waals surface area contributed by atoms with E-state index in [-0.39, 0.29) is 42.5 Å². The van der Waals surface area contributed by atoms with Gasteiger partial charge in [-0.15, -0.1) is 11.8 Å². The van der Waals surface area contributed by atoms with Crippen LogP contribution in [0, 0.1) is 5.92 Å². The first-order chi connectivity index (χ1) is 15.7. The van der Waals surface area contributed by atoms with E-state index in [2.05, 4.69) is 0 Å². The molecular weight excluding hydrogens is 468 g/mol. The molecule has 0 unspecified atom stereocenters. The molecule has 2 N–H and O–H groups in total. The second kappa shape index (κ2) is 9.85. The molecule has 2 heterocycles. The van der Waals surface area contributed by atoms with Gasteiger partial charge in [-0.2, -0.15) is 0 Å². The Labute approximate surface area is 201 Å². The fourth-order valence-corrected chi connectivity index (χ4v) is 5.94. The van der Waals surface area contributed by atoms with Crippen LogP contribution in [0.5, 0.6) is 11.5 Å². The number of ether oxygens (including phenoxy) is 2. The largest absolute Gasteiger partial charge is 0.481 e. The number of aromatic carboxylic acids is 1. The molecule has 1 aliphatic carbocycles. The molecule has 0 radical (unpaired) electrons. The van der Waals surface area contributed by atoms with Crippen molar-refractivity contribution in [3.05, 3.63) is 34.2 Å². The number of aliphatic carboxylic acids is 1. The van der Waals surface area contributed by atoms with E-state index in [1.165, 1.54) is 11.8 Å². The fourth-order valence-electron chi connectivity index (χ4n) is 4.45. The Morgan fingerprint density at radius 2 is 1.85 bits per heavy atom. The van der Waals surface area contributed by atoms with E-state index in [1.54, 1.807) is 16.7 Å². The minimum absolute atomic E-state index is 0.0107. The number of carbonyl (C=O) groups is 2. The van der Waals surface area contributed by atoms with Gasteiger partial charge in [0.2, 0.25) is 6.79 Å². The lowest BCUT2D eigenvalue weighted by Gasteiger charge is -2.26. The van der Waals surface area contributed by atoms with Crippen LogP contribution in [0.3, 0.4) is 0 Å². The summed E-state index contributed by atoms with van der Waals surface area (Å²) < 4.78 is 12.6. The van der Waals surface area contributed by atoms with Crippen LogP contribution in [0.2, 0.25) is 5.02 Å². The van der Waals surface area contributed by atoms with Crippen molar-refractivity contribution in [2.24, 2.45) is 5.92 Å². The third-order valence-corrected chi connectivity index (χ3v) is 7.75. The van der Waals surface area contributed by atoms with Gasteiger partial charge in [0.1, 0.15) is 10.9 Å². The Hall–Kier alpha value is -2.39. The summed E-state index contributed by atoms with van der Waals surface area (Å²) in [5.41, 5.74) is 0.888. The molecule has 1 aliphatic heterocycles. The van der Waals surface area contributed by atoms with E-state index in [9.17, 15) is 14.7 Å². The molecule has 10 heteroatoms. The Morgan fingerprint density at radius 3 is 2.45 bits per heavy atom. The van der Waals surface area contributed by atoms with Crippen molar-refractivity contribution in [2.45, 2.75) is 68.7 Å². The normalized spacial score (nSPS) is 19.8. The van der Waals surface area contributed by atoms with Crippen LogP contribution in [0.1, 0.15) is 73.7 Å². The first-order valence-electron chi connectivity index (χ1n) is 11.0. The maximum atomic E-state index is 12.3. The number of rotatable bonds is 8. The van der Waals surface area contributed by atoms with Crippen molar-refractivity contribution in [1.29, 1.82) is 0 Å². The van der Waals surface area contributed by atoms with Crippen molar-refractivity contribution in [2.75, 3.05) is 6.79 Å². The average Bonchev–Trinajstić information content (AvgIpc) is 3.33. The summed E-state index contributed by atoms with van der Waals surface area (Å²) >= 11 is 7.96. The maximum Gasteiger partial charge on any atom is 0.355 e. The number of benzene rings is 1. The quantitative estimate of drug-likeness (QED) is 0.511. The molecule has 0 bridgehead atoms. The minimum Gasteiger partial charge on any atom is -0.481 e. The van der Waals surface area contributed by atoms with E-state index in [1.807, 2.05) is 13.8 Å². The summed E-state index contributed by atoms with van der Waals surface area (Å²) in [5.74, 6) is 0.252. The van der Waals surface area contributed by atoms with Crippen molar-refractivity contribution in [1.82, 2.24) is 9.55 Å². The third kappa shape index (κ3) is 5.24. The van der Waals surface area contributed by atoms with E-state index in [4.69, 9.17) is 31.2 Å². The van der Waals surface area contributed by atoms with Gasteiger partial charge < -0.3 is 24.3 Å². The summed E-state index contributed by atoms with van der Waals surface area (Å²) in [5, 5.41) is 20.3. The van der Waals surface area contributed by atoms with Crippen LogP contribution in [0.25, 0.3) is 0 Å². The third-order valence-electron chi connectivity index (χ3n) is 6.09. The highest BCUT2D eigenvalue weighted by atomic mass is 35.5. The van der Waals surface area contributed by atoms with Crippen molar-refractivity contribution < 1.29 is 29.3 Å². The monoisotopic (exact) mass is 494 g/mol. The van der Waals surface area contributed by atoms with Crippen molar-refractivity contribution >= 4 is 35.3 Å². The lowest BCUT2D eigenvalue weighted by Crippen LogP contribution is -2.19. The lowest BCUT2D eigenvalue weighted by molar-refractivity contribution is -0.138. The zero-order valence-corrected chi connectivity index (χ0v) is 20.1. The number of fused-ring (bicyclic) bond motifs is 1. The molecule has 1 saturated carbocycles. The van der Waals surface area contributed by atoms with E-state index in [0.29, 0.717) is 27.4 Å². The average molecular weight is 495 g/mol. The molecule has 1 aromatic carbocycles. The van der Waals surface area contributed by atoms with E-state index >= 15 is 0 Å². The Bertz CT molecular complexity index is 1060. The number of nitrogens with zero attached hydrogens (tertiary/aromatic N) is 2. The van der Waals surface area contributed by atoms with Crippen LogP contribution in [0.4, 0.5) is 0 Å². The Kier molecular flexibility index (Phi) is 7.09. The molecule has 178 valence electrons. The van der Waals surface area contributed by atoms with Crippen LogP contribution in [-0.4, -0.2) is 43.7 Å². The summed E-state index contributed by atoms with van der Waals surface area (Å²) in [7, 11) is 0. The molecule has 4 rings (SSSR count). The lowest BCUT2D eigenvalue weighted by atomic mass is 9.87. The number of hydrogen-bond acceptors (Lipinski definition) is 6. The first kappa shape index (κ1) is 23.8. The number of imidazole rings is 1. The van der Waals surface area contributed by atoms with Crippen LogP contribution < -0.4 is 9.47 Å². The number of aromatic nitrogens is 2. The zero-order valence-electron chi connectivity index (χ0n) is 18.5. The van der Waals surface area contributed by atoms with Crippen molar-refractivity contribution in [3.63, 3.8) is 0 Å². The molecule has 1 fully saturated rings. The highest BCUT2D eigenvalue weighted by molar-refractivity contribution is 7.99. The molecule has 0 spiro atoms. The van der Waals surface area contributed by atoms with Crippen LogP contribution >= 0.6 is 23.4 Å². The summed E-state index contributed by atoms with van der Waals surface area (Å²) in [4.78, 5) is 28.1. The second-order valence-electron chi connectivity index (χ2n) is 8.83. The van der Waals surface area contributed by atoms with Gasteiger partial charge in [0.05, 0.1) is 6.54 Å². The SMILES string of the molecule is CC(C)c1nc(SC2CCC(CC(=O)O)CC2)c(C(=O)O)n1Cc1cc2c(cc1Cl)OCO2. The van der Waals surface area contributed by atoms with Gasteiger partial charge >= 0.3 is 11.9 Å². The smallest absolute Gasteiger partial charge is 0.355 e. The van der Waals surface area contributed by atoms with E-state index < -0.39 is 11.9 Å². The minimum atomic E-state index is -1.03. The number of halogens is 1. The van der Waals surface area contributed by atoms with Crippen LogP contribution in [0.15, 0.2) is 17.2 Å². The van der Waals surface area contributed by atoms with Gasteiger partial charge in [0.15, 0.2) is 17.2 Å². The van der Waals surface area contributed by atoms with Crippen LogP contribution in [-0.2, 0) is 11.3 Å². The highest BCUT2D eigenvalue weighted by Crippen LogP contribution is 2.40. The van der Waals surface area contributed by atoms with Gasteiger partial charge in [-0.05, 0) is 43.2 Å². The van der Waals surface area contributed by atoms with Gasteiger partial charge in [-0.3, -0.25) is 4.79 Å².